The molecule has 1 atom stereocenters. The van der Waals surface area contributed by atoms with Gasteiger partial charge >= 0.3 is 0 Å². The van der Waals surface area contributed by atoms with Crippen LogP contribution in [0.4, 0.5) is 4.39 Å². The molecule has 0 bridgehead atoms. The molecule has 0 radical (unpaired) electrons. The predicted molar refractivity (Wildman–Crippen MR) is 88.2 cm³/mol. The first-order valence-corrected chi connectivity index (χ1v) is 8.78. The molecule has 1 aliphatic carbocycles. The monoisotopic (exact) mass is 372 g/mol. The van der Waals surface area contributed by atoms with E-state index in [1.807, 2.05) is 6.92 Å². The van der Waals surface area contributed by atoms with E-state index < -0.39 is 0 Å². The molecular weight excluding hydrogens is 355 g/mol. The molecule has 3 rings (SSSR count). The summed E-state index contributed by atoms with van der Waals surface area (Å²) in [7, 11) is 0. The molecule has 1 aliphatic rings. The van der Waals surface area contributed by atoms with Crippen LogP contribution in [0.5, 0.6) is 0 Å². The van der Waals surface area contributed by atoms with Gasteiger partial charge in [-0.05, 0) is 47.7 Å². The van der Waals surface area contributed by atoms with Gasteiger partial charge in [0.2, 0.25) is 0 Å². The summed E-state index contributed by atoms with van der Waals surface area (Å²) >= 11 is 9.52. The maximum Gasteiger partial charge on any atom is 0.139 e. The van der Waals surface area contributed by atoms with Crippen molar-refractivity contribution in [2.75, 3.05) is 0 Å². The van der Waals surface area contributed by atoms with Crippen LogP contribution in [0.15, 0.2) is 16.6 Å². The van der Waals surface area contributed by atoms with Crippen LogP contribution in [0.25, 0.3) is 11.0 Å². The molecule has 5 heteroatoms. The zero-order valence-electron chi connectivity index (χ0n) is 12.1. The van der Waals surface area contributed by atoms with Crippen molar-refractivity contribution < 1.29 is 4.39 Å². The number of nitrogens with zero attached hydrogens (tertiary/aromatic N) is 2. The third-order valence-electron chi connectivity index (χ3n) is 4.34. The van der Waals surface area contributed by atoms with Gasteiger partial charge in [-0.1, -0.05) is 19.3 Å². The average molecular weight is 374 g/mol. The first kappa shape index (κ1) is 15.3. The molecule has 2 aromatic rings. The van der Waals surface area contributed by atoms with Gasteiger partial charge in [-0.2, -0.15) is 0 Å². The molecule has 1 fully saturated rings. The van der Waals surface area contributed by atoms with E-state index in [9.17, 15) is 4.39 Å². The highest BCUT2D eigenvalue weighted by Gasteiger charge is 2.21. The molecule has 1 unspecified atom stereocenters. The fraction of sp³-hybridized carbons (Fsp3) is 0.562. The second-order valence-electron chi connectivity index (χ2n) is 5.96. The molecule has 0 amide bonds. The smallest absolute Gasteiger partial charge is 0.139 e. The van der Waals surface area contributed by atoms with E-state index in [1.54, 1.807) is 12.1 Å². The number of halogens is 3. The zero-order valence-corrected chi connectivity index (χ0v) is 14.4. The highest BCUT2D eigenvalue weighted by Crippen LogP contribution is 2.32. The Morgan fingerprint density at radius 3 is 2.76 bits per heavy atom. The molecule has 0 aliphatic heterocycles. The summed E-state index contributed by atoms with van der Waals surface area (Å²) in [5.74, 6) is 1.24. The summed E-state index contributed by atoms with van der Waals surface area (Å²) in [6.07, 6.45) is 6.41. The lowest BCUT2D eigenvalue weighted by atomic mass is 9.89. The summed E-state index contributed by atoms with van der Waals surface area (Å²) in [6, 6.07) is 3.31. The first-order valence-electron chi connectivity index (χ1n) is 7.55. The summed E-state index contributed by atoms with van der Waals surface area (Å²) in [6.45, 7) is 2.81. The number of aromatic nitrogens is 2. The van der Waals surface area contributed by atoms with Crippen molar-refractivity contribution in [3.8, 4) is 0 Å². The average Bonchev–Trinajstić information content (AvgIpc) is 2.79. The Morgan fingerprint density at radius 1 is 1.38 bits per heavy atom. The van der Waals surface area contributed by atoms with Gasteiger partial charge in [-0.15, -0.1) is 11.6 Å². The van der Waals surface area contributed by atoms with Crippen molar-refractivity contribution in [1.29, 1.82) is 0 Å². The van der Waals surface area contributed by atoms with Gasteiger partial charge in [-0.25, -0.2) is 9.37 Å². The van der Waals surface area contributed by atoms with E-state index >= 15 is 0 Å². The Kier molecular flexibility index (Phi) is 4.55. The van der Waals surface area contributed by atoms with Crippen molar-refractivity contribution >= 4 is 38.6 Å². The molecule has 2 nitrogen and oxygen atoms in total. The van der Waals surface area contributed by atoms with E-state index in [-0.39, 0.29) is 11.2 Å². The molecule has 114 valence electrons. The summed E-state index contributed by atoms with van der Waals surface area (Å²) in [4.78, 5) is 4.61. The second-order valence-corrected chi connectivity index (χ2v) is 7.46. The molecule has 0 spiro atoms. The quantitative estimate of drug-likeness (QED) is 0.620. The normalized spacial score (nSPS) is 18.3. The Balaban J connectivity index is 2.04. The van der Waals surface area contributed by atoms with Crippen molar-refractivity contribution in [3.63, 3.8) is 0 Å². The van der Waals surface area contributed by atoms with Crippen LogP contribution < -0.4 is 0 Å². The molecular formula is C16H19BrClFN2. The van der Waals surface area contributed by atoms with E-state index in [0.29, 0.717) is 10.4 Å². The Morgan fingerprint density at radius 2 is 2.10 bits per heavy atom. The van der Waals surface area contributed by atoms with Gasteiger partial charge in [-0.3, -0.25) is 0 Å². The SMILES string of the molecule is CC(Cl)c1nc2cc(Br)c(F)cc2n1CC1CCCCC1. The number of hydrogen-bond acceptors (Lipinski definition) is 1. The standard InChI is InChI=1S/C16H19BrClFN2/c1-10(18)16-20-14-7-12(17)13(19)8-15(14)21(16)9-11-5-3-2-4-6-11/h7-8,10-11H,2-6,9H2,1H3. The lowest BCUT2D eigenvalue weighted by Gasteiger charge is -2.23. The van der Waals surface area contributed by atoms with Crippen LogP contribution in [0.2, 0.25) is 0 Å². The van der Waals surface area contributed by atoms with Gasteiger partial charge in [0.05, 0.1) is 20.9 Å². The van der Waals surface area contributed by atoms with E-state index in [4.69, 9.17) is 11.6 Å². The van der Waals surface area contributed by atoms with Crippen molar-refractivity contribution in [1.82, 2.24) is 9.55 Å². The minimum absolute atomic E-state index is 0.178. The van der Waals surface area contributed by atoms with Crippen molar-refractivity contribution in [2.24, 2.45) is 5.92 Å². The minimum atomic E-state index is -0.249. The Hall–Kier alpha value is -0.610. The van der Waals surface area contributed by atoms with Crippen LogP contribution in [0.1, 0.15) is 50.2 Å². The maximum absolute atomic E-state index is 13.9. The molecule has 1 heterocycles. The number of alkyl halides is 1. The highest BCUT2D eigenvalue weighted by atomic mass is 79.9. The predicted octanol–water partition coefficient (Wildman–Crippen LogP) is 5.82. The topological polar surface area (TPSA) is 17.8 Å². The van der Waals surface area contributed by atoms with E-state index in [0.717, 1.165) is 23.4 Å². The van der Waals surface area contributed by atoms with Gasteiger partial charge in [0, 0.05) is 12.6 Å². The molecule has 1 aromatic carbocycles. The van der Waals surface area contributed by atoms with Crippen LogP contribution in [-0.4, -0.2) is 9.55 Å². The number of benzene rings is 1. The molecule has 1 saturated carbocycles. The number of hydrogen-bond donors (Lipinski definition) is 0. The molecule has 21 heavy (non-hydrogen) atoms. The maximum atomic E-state index is 13.9. The third kappa shape index (κ3) is 3.11. The van der Waals surface area contributed by atoms with Gasteiger partial charge in [0.25, 0.3) is 0 Å². The fourth-order valence-corrected chi connectivity index (χ4v) is 3.76. The lowest BCUT2D eigenvalue weighted by molar-refractivity contribution is 0.319. The third-order valence-corrected chi connectivity index (χ3v) is 5.14. The van der Waals surface area contributed by atoms with Gasteiger partial charge < -0.3 is 4.57 Å². The Bertz CT molecular complexity index is 647. The van der Waals surface area contributed by atoms with Crippen LogP contribution in [-0.2, 0) is 6.54 Å². The summed E-state index contributed by atoms with van der Waals surface area (Å²) in [5.41, 5.74) is 1.66. The number of rotatable bonds is 3. The molecule has 0 saturated heterocycles. The molecule has 0 N–H and O–H groups in total. The fourth-order valence-electron chi connectivity index (χ4n) is 3.26. The van der Waals surface area contributed by atoms with Crippen LogP contribution in [0, 0.1) is 11.7 Å². The molecule has 1 aromatic heterocycles. The Labute approximate surface area is 137 Å². The van der Waals surface area contributed by atoms with Gasteiger partial charge in [0.1, 0.15) is 11.6 Å². The van der Waals surface area contributed by atoms with Crippen molar-refractivity contribution in [3.05, 3.63) is 28.2 Å². The lowest BCUT2D eigenvalue weighted by Crippen LogP contribution is -2.16. The first-order chi connectivity index (χ1) is 10.1. The minimum Gasteiger partial charge on any atom is -0.326 e. The van der Waals surface area contributed by atoms with Gasteiger partial charge in [0.15, 0.2) is 0 Å². The number of fused-ring (bicyclic) bond motifs is 1. The van der Waals surface area contributed by atoms with Crippen molar-refractivity contribution in [2.45, 2.75) is 50.9 Å². The van der Waals surface area contributed by atoms with Crippen LogP contribution >= 0.6 is 27.5 Å². The summed E-state index contributed by atoms with van der Waals surface area (Å²) < 4.78 is 16.5. The zero-order chi connectivity index (χ0) is 15.0. The second kappa shape index (κ2) is 6.25. The largest absolute Gasteiger partial charge is 0.326 e. The van der Waals surface area contributed by atoms with Crippen LogP contribution in [0.3, 0.4) is 0 Å². The van der Waals surface area contributed by atoms with E-state index in [1.165, 1.54) is 32.1 Å². The summed E-state index contributed by atoms with van der Waals surface area (Å²) in [5, 5.41) is -0.178. The highest BCUT2D eigenvalue weighted by molar-refractivity contribution is 9.10. The number of imidazole rings is 1. The van der Waals surface area contributed by atoms with E-state index in [2.05, 4.69) is 25.5 Å².